The van der Waals surface area contributed by atoms with Gasteiger partial charge < -0.3 is 11.1 Å². The van der Waals surface area contributed by atoms with E-state index in [1.165, 1.54) is 25.7 Å². The van der Waals surface area contributed by atoms with Crippen LogP contribution in [0.4, 0.5) is 11.4 Å². The predicted octanol–water partition coefficient (Wildman–Crippen LogP) is 3.71. The van der Waals surface area contributed by atoms with Crippen molar-refractivity contribution in [2.24, 2.45) is 17.8 Å². The normalized spacial score (nSPS) is 28.6. The van der Waals surface area contributed by atoms with E-state index in [2.05, 4.69) is 21.2 Å². The Morgan fingerprint density at radius 3 is 2.53 bits per heavy atom. The summed E-state index contributed by atoms with van der Waals surface area (Å²) in [4.78, 5) is 12.4. The second-order valence-corrected chi connectivity index (χ2v) is 6.73. The number of nitrogen functional groups attached to an aromatic ring is 1. The van der Waals surface area contributed by atoms with E-state index in [4.69, 9.17) is 5.73 Å². The summed E-state index contributed by atoms with van der Waals surface area (Å²) >= 11 is 3.41. The van der Waals surface area contributed by atoms with Gasteiger partial charge in [0.05, 0.1) is 11.4 Å². The molecule has 2 unspecified atom stereocenters. The van der Waals surface area contributed by atoms with Gasteiger partial charge in [-0.05, 0) is 49.3 Å². The summed E-state index contributed by atoms with van der Waals surface area (Å²) in [6.07, 6.45) is 5.00. The number of hydrogen-bond donors (Lipinski definition) is 2. The van der Waals surface area contributed by atoms with Gasteiger partial charge in [-0.15, -0.1) is 0 Å². The molecule has 2 atom stereocenters. The van der Waals surface area contributed by atoms with E-state index in [9.17, 15) is 4.79 Å². The monoisotopic (exact) mass is 322 g/mol. The molecule has 2 fully saturated rings. The number of rotatable bonds is 2. The molecule has 0 spiro atoms. The van der Waals surface area contributed by atoms with Crippen molar-refractivity contribution in [2.75, 3.05) is 11.1 Å². The van der Waals surface area contributed by atoms with Crippen LogP contribution < -0.4 is 11.1 Å². The van der Waals surface area contributed by atoms with Gasteiger partial charge in [-0.2, -0.15) is 0 Å². The van der Waals surface area contributed by atoms with Gasteiger partial charge in [0.25, 0.3) is 0 Å². The summed E-state index contributed by atoms with van der Waals surface area (Å²) in [5.41, 5.74) is 8.40. The van der Waals surface area contributed by atoms with Gasteiger partial charge >= 0.3 is 0 Å². The highest BCUT2D eigenvalue weighted by Gasteiger charge is 2.54. The van der Waals surface area contributed by atoms with Crippen molar-refractivity contribution >= 4 is 33.2 Å². The lowest BCUT2D eigenvalue weighted by Gasteiger charge is -2.12. The summed E-state index contributed by atoms with van der Waals surface area (Å²) < 4.78 is 0.945. The van der Waals surface area contributed by atoms with Crippen LogP contribution in [0.3, 0.4) is 0 Å². The van der Waals surface area contributed by atoms with E-state index in [0.717, 1.165) is 15.7 Å². The molecular weight excluding hydrogens is 304 g/mol. The van der Waals surface area contributed by atoms with E-state index >= 15 is 0 Å². The zero-order chi connectivity index (χ0) is 13.6. The molecule has 19 heavy (non-hydrogen) atoms. The molecule has 1 aromatic carbocycles. The second-order valence-electron chi connectivity index (χ2n) is 5.81. The average molecular weight is 323 g/mol. The highest BCUT2D eigenvalue weighted by Crippen LogP contribution is 2.55. The molecule has 3 N–H and O–H groups in total. The van der Waals surface area contributed by atoms with Crippen LogP contribution in [0.1, 0.15) is 31.2 Å². The number of amides is 1. The molecular formula is C15H19BrN2O. The van der Waals surface area contributed by atoms with Crippen molar-refractivity contribution in [1.82, 2.24) is 0 Å². The smallest absolute Gasteiger partial charge is 0.228 e. The maximum atomic E-state index is 12.4. The van der Waals surface area contributed by atoms with Crippen LogP contribution in [0.15, 0.2) is 16.6 Å². The number of hydrogen-bond acceptors (Lipinski definition) is 2. The maximum absolute atomic E-state index is 12.4. The minimum atomic E-state index is 0.161. The minimum Gasteiger partial charge on any atom is -0.397 e. The largest absolute Gasteiger partial charge is 0.397 e. The average Bonchev–Trinajstić information content (AvgIpc) is 3.07. The fourth-order valence-electron chi connectivity index (χ4n) is 3.53. The lowest BCUT2D eigenvalue weighted by atomic mass is 10.0. The lowest BCUT2D eigenvalue weighted by Crippen LogP contribution is -2.17. The number of halogens is 1. The van der Waals surface area contributed by atoms with Crippen molar-refractivity contribution in [3.63, 3.8) is 0 Å². The first-order valence-electron chi connectivity index (χ1n) is 6.94. The third-order valence-corrected chi connectivity index (χ3v) is 5.00. The fourth-order valence-corrected chi connectivity index (χ4v) is 4.12. The first-order valence-corrected chi connectivity index (χ1v) is 7.73. The molecule has 102 valence electrons. The van der Waals surface area contributed by atoms with E-state index in [1.807, 2.05) is 19.1 Å². The zero-order valence-corrected chi connectivity index (χ0v) is 12.7. The third kappa shape index (κ3) is 2.38. The number of fused-ring (bicyclic) bond motifs is 1. The number of aryl methyl sites for hydroxylation is 1. The van der Waals surface area contributed by atoms with Gasteiger partial charge in [-0.25, -0.2) is 0 Å². The fraction of sp³-hybridized carbons (Fsp3) is 0.533. The van der Waals surface area contributed by atoms with Gasteiger partial charge in [0.15, 0.2) is 0 Å². The lowest BCUT2D eigenvalue weighted by molar-refractivity contribution is -0.117. The van der Waals surface area contributed by atoms with Gasteiger partial charge in [0.2, 0.25) is 5.91 Å². The summed E-state index contributed by atoms with van der Waals surface area (Å²) in [5, 5.41) is 3.04. The number of anilines is 2. The van der Waals surface area contributed by atoms with Crippen LogP contribution in [0, 0.1) is 24.7 Å². The Balaban J connectivity index is 1.74. The van der Waals surface area contributed by atoms with Crippen molar-refractivity contribution in [2.45, 2.75) is 32.6 Å². The summed E-state index contributed by atoms with van der Waals surface area (Å²) in [6, 6.07) is 3.81. The Kier molecular flexibility index (Phi) is 3.29. The minimum absolute atomic E-state index is 0.161. The molecule has 1 amide bonds. The van der Waals surface area contributed by atoms with Crippen molar-refractivity contribution in [3.05, 3.63) is 22.2 Å². The van der Waals surface area contributed by atoms with E-state index < -0.39 is 0 Å². The molecule has 0 saturated heterocycles. The van der Waals surface area contributed by atoms with E-state index in [0.29, 0.717) is 17.5 Å². The molecule has 3 rings (SSSR count). The topological polar surface area (TPSA) is 55.1 Å². The van der Waals surface area contributed by atoms with Crippen molar-refractivity contribution in [1.29, 1.82) is 0 Å². The molecule has 2 aliphatic carbocycles. The maximum Gasteiger partial charge on any atom is 0.228 e. The number of carbonyl (C=O) groups is 1. The molecule has 3 nitrogen and oxygen atoms in total. The van der Waals surface area contributed by atoms with Crippen LogP contribution in [0.25, 0.3) is 0 Å². The number of nitrogens with two attached hydrogens (primary N) is 1. The van der Waals surface area contributed by atoms with Crippen LogP contribution in [-0.4, -0.2) is 5.91 Å². The van der Waals surface area contributed by atoms with Crippen LogP contribution in [-0.2, 0) is 4.79 Å². The number of carbonyl (C=O) groups excluding carboxylic acids is 1. The standard InChI is InChI=1S/C15H19BrN2O/c1-8-6-9(16)7-12(17)14(8)18-15(19)13-10-4-2-3-5-11(10)13/h6-7,10-11,13H,2-5,17H2,1H3,(H,18,19). The Bertz CT molecular complexity index is 494. The van der Waals surface area contributed by atoms with Crippen LogP contribution in [0.5, 0.6) is 0 Å². The SMILES string of the molecule is Cc1cc(Br)cc(N)c1NC(=O)C1C2CCCCC21. The molecule has 2 aliphatic rings. The summed E-state index contributed by atoms with van der Waals surface area (Å²) in [6.45, 7) is 1.97. The molecule has 0 heterocycles. The number of benzene rings is 1. The first-order chi connectivity index (χ1) is 9.08. The summed E-state index contributed by atoms with van der Waals surface area (Å²) in [7, 11) is 0. The van der Waals surface area contributed by atoms with E-state index in [1.54, 1.807) is 0 Å². The summed E-state index contributed by atoms with van der Waals surface area (Å²) in [5.74, 6) is 1.65. The molecule has 2 saturated carbocycles. The van der Waals surface area contributed by atoms with Crippen molar-refractivity contribution < 1.29 is 4.79 Å². The quantitative estimate of drug-likeness (QED) is 0.815. The van der Waals surface area contributed by atoms with Gasteiger partial charge in [-0.3, -0.25) is 4.79 Å². The molecule has 1 aromatic rings. The van der Waals surface area contributed by atoms with Gasteiger partial charge in [0, 0.05) is 10.4 Å². The Morgan fingerprint density at radius 2 is 1.95 bits per heavy atom. The molecule has 0 radical (unpaired) electrons. The molecule has 0 aromatic heterocycles. The predicted molar refractivity (Wildman–Crippen MR) is 80.9 cm³/mol. The Hall–Kier alpha value is -1.03. The van der Waals surface area contributed by atoms with Crippen LogP contribution in [0.2, 0.25) is 0 Å². The Morgan fingerprint density at radius 1 is 1.32 bits per heavy atom. The highest BCUT2D eigenvalue weighted by atomic mass is 79.9. The zero-order valence-electron chi connectivity index (χ0n) is 11.1. The second kappa shape index (κ2) is 4.82. The molecule has 0 bridgehead atoms. The van der Waals surface area contributed by atoms with Crippen LogP contribution >= 0.6 is 15.9 Å². The Labute approximate surface area is 122 Å². The first kappa shape index (κ1) is 13.0. The van der Waals surface area contributed by atoms with E-state index in [-0.39, 0.29) is 11.8 Å². The molecule has 4 heteroatoms. The van der Waals surface area contributed by atoms with Gasteiger partial charge in [0.1, 0.15) is 0 Å². The molecule has 0 aliphatic heterocycles. The third-order valence-electron chi connectivity index (χ3n) is 4.54. The van der Waals surface area contributed by atoms with Gasteiger partial charge in [-0.1, -0.05) is 28.8 Å². The highest BCUT2D eigenvalue weighted by molar-refractivity contribution is 9.10. The number of nitrogens with one attached hydrogen (secondary N) is 1. The van der Waals surface area contributed by atoms with Crippen molar-refractivity contribution in [3.8, 4) is 0 Å².